The molecule has 0 unspecified atom stereocenters. The molecule has 1 heterocycles. The first-order chi connectivity index (χ1) is 13.1. The molecule has 3 rings (SSSR count). The summed E-state index contributed by atoms with van der Waals surface area (Å²) < 4.78 is 19.1. The van der Waals surface area contributed by atoms with Crippen LogP contribution in [0.2, 0.25) is 0 Å². The van der Waals surface area contributed by atoms with Gasteiger partial charge in [-0.15, -0.1) is 0 Å². The van der Waals surface area contributed by atoms with Crippen LogP contribution in [-0.2, 0) is 11.2 Å². The second kappa shape index (κ2) is 9.00. The number of halogens is 1. The number of hydrogen-bond acceptors (Lipinski definition) is 3. The molecule has 1 aliphatic heterocycles. The standard InChI is InChI=1S/C22H27FN2O2/c1-24-20(14-16-6-4-3-5-7-16)22(26)25-12-10-17(11-13-25)19-15-18(23)8-9-21(19)27-2/h3-9,15,17,20,24H,10-14H2,1-2H3/t20-/m1/s1. The summed E-state index contributed by atoms with van der Waals surface area (Å²) in [6, 6.07) is 14.5. The second-order valence-electron chi connectivity index (χ2n) is 7.02. The van der Waals surface area contributed by atoms with Crippen molar-refractivity contribution in [1.82, 2.24) is 10.2 Å². The zero-order chi connectivity index (χ0) is 19.2. The largest absolute Gasteiger partial charge is 0.496 e. The minimum Gasteiger partial charge on any atom is -0.496 e. The predicted molar refractivity (Wildman–Crippen MR) is 105 cm³/mol. The van der Waals surface area contributed by atoms with Crippen molar-refractivity contribution in [2.45, 2.75) is 31.2 Å². The number of methoxy groups -OCH3 is 1. The summed E-state index contributed by atoms with van der Waals surface area (Å²) in [5, 5.41) is 3.16. The number of carbonyl (C=O) groups is 1. The lowest BCUT2D eigenvalue weighted by Gasteiger charge is -2.35. The molecule has 1 N–H and O–H groups in total. The van der Waals surface area contributed by atoms with Gasteiger partial charge in [-0.1, -0.05) is 30.3 Å². The monoisotopic (exact) mass is 370 g/mol. The zero-order valence-electron chi connectivity index (χ0n) is 16.0. The number of nitrogens with one attached hydrogen (secondary N) is 1. The van der Waals surface area contributed by atoms with Gasteiger partial charge in [-0.25, -0.2) is 4.39 Å². The van der Waals surface area contributed by atoms with Crippen LogP contribution in [0.25, 0.3) is 0 Å². The molecule has 5 heteroatoms. The third-order valence-electron chi connectivity index (χ3n) is 5.37. The van der Waals surface area contributed by atoms with Gasteiger partial charge in [0.15, 0.2) is 0 Å². The maximum atomic E-state index is 13.7. The first kappa shape index (κ1) is 19.4. The molecule has 27 heavy (non-hydrogen) atoms. The highest BCUT2D eigenvalue weighted by Gasteiger charge is 2.29. The van der Waals surface area contributed by atoms with Crippen molar-refractivity contribution >= 4 is 5.91 Å². The number of ether oxygens (including phenoxy) is 1. The molecule has 0 aromatic heterocycles. The van der Waals surface area contributed by atoms with E-state index < -0.39 is 0 Å². The summed E-state index contributed by atoms with van der Waals surface area (Å²) in [5.74, 6) is 0.814. The second-order valence-corrected chi connectivity index (χ2v) is 7.02. The fourth-order valence-electron chi connectivity index (χ4n) is 3.82. The van der Waals surface area contributed by atoms with Crippen molar-refractivity contribution in [3.63, 3.8) is 0 Å². The number of piperidine rings is 1. The van der Waals surface area contributed by atoms with Crippen molar-refractivity contribution in [2.75, 3.05) is 27.2 Å². The number of amides is 1. The van der Waals surface area contributed by atoms with E-state index in [4.69, 9.17) is 4.74 Å². The van der Waals surface area contributed by atoms with E-state index in [9.17, 15) is 9.18 Å². The van der Waals surface area contributed by atoms with Crippen LogP contribution < -0.4 is 10.1 Å². The fourth-order valence-corrected chi connectivity index (χ4v) is 3.82. The van der Waals surface area contributed by atoms with Gasteiger partial charge in [0.25, 0.3) is 0 Å². The first-order valence-corrected chi connectivity index (χ1v) is 9.45. The molecule has 2 aromatic rings. The molecule has 1 saturated heterocycles. The molecule has 4 nitrogen and oxygen atoms in total. The summed E-state index contributed by atoms with van der Waals surface area (Å²) in [4.78, 5) is 14.9. The van der Waals surface area contributed by atoms with Crippen molar-refractivity contribution in [1.29, 1.82) is 0 Å². The van der Waals surface area contributed by atoms with Gasteiger partial charge in [-0.2, -0.15) is 0 Å². The van der Waals surface area contributed by atoms with Gasteiger partial charge in [0, 0.05) is 18.7 Å². The van der Waals surface area contributed by atoms with E-state index >= 15 is 0 Å². The predicted octanol–water partition coefficient (Wildman–Crippen LogP) is 3.37. The Labute approximate surface area is 160 Å². The van der Waals surface area contributed by atoms with E-state index in [2.05, 4.69) is 5.32 Å². The Kier molecular flexibility index (Phi) is 6.45. The van der Waals surface area contributed by atoms with Crippen LogP contribution in [0, 0.1) is 5.82 Å². The number of likely N-dealkylation sites (tertiary alicyclic amines) is 1. The summed E-state index contributed by atoms with van der Waals surface area (Å²) in [6.45, 7) is 1.35. The molecule has 0 spiro atoms. The molecule has 1 atom stereocenters. The Morgan fingerprint density at radius 2 is 1.93 bits per heavy atom. The van der Waals surface area contributed by atoms with E-state index in [1.165, 1.54) is 6.07 Å². The SMILES string of the molecule is CN[C@H](Cc1ccccc1)C(=O)N1CCC(c2cc(F)ccc2OC)CC1. The number of likely N-dealkylation sites (N-methyl/N-ethyl adjacent to an activating group) is 1. The lowest BCUT2D eigenvalue weighted by atomic mass is 9.88. The Bertz CT molecular complexity index is 758. The van der Waals surface area contributed by atoms with E-state index in [0.29, 0.717) is 19.5 Å². The molecule has 144 valence electrons. The lowest BCUT2D eigenvalue weighted by molar-refractivity contribution is -0.134. The molecule has 0 radical (unpaired) electrons. The third kappa shape index (κ3) is 4.66. The average Bonchev–Trinajstić information content (AvgIpc) is 2.72. The van der Waals surface area contributed by atoms with Crippen LogP contribution in [0.4, 0.5) is 4.39 Å². The molecule has 1 amide bonds. The first-order valence-electron chi connectivity index (χ1n) is 9.45. The normalized spacial score (nSPS) is 16.2. The van der Waals surface area contributed by atoms with Crippen molar-refractivity contribution in [2.24, 2.45) is 0 Å². The van der Waals surface area contributed by atoms with Crippen molar-refractivity contribution < 1.29 is 13.9 Å². The van der Waals surface area contributed by atoms with Gasteiger partial charge in [-0.3, -0.25) is 4.79 Å². The highest BCUT2D eigenvalue weighted by atomic mass is 19.1. The summed E-state index contributed by atoms with van der Waals surface area (Å²) in [5.41, 5.74) is 2.05. The van der Waals surface area contributed by atoms with Gasteiger partial charge in [-0.05, 0) is 56.0 Å². The van der Waals surface area contributed by atoms with Crippen LogP contribution in [0.15, 0.2) is 48.5 Å². The Morgan fingerprint density at radius 1 is 1.22 bits per heavy atom. The van der Waals surface area contributed by atoms with Crippen molar-refractivity contribution in [3.05, 3.63) is 65.5 Å². The van der Waals surface area contributed by atoms with Gasteiger partial charge in [0.2, 0.25) is 5.91 Å². The van der Waals surface area contributed by atoms with Crippen LogP contribution in [0.1, 0.15) is 29.9 Å². The molecule has 0 aliphatic carbocycles. The molecule has 2 aromatic carbocycles. The Hall–Kier alpha value is -2.40. The quantitative estimate of drug-likeness (QED) is 0.848. The number of hydrogen-bond donors (Lipinski definition) is 1. The lowest BCUT2D eigenvalue weighted by Crippen LogP contribution is -2.49. The molecule has 0 saturated carbocycles. The summed E-state index contributed by atoms with van der Waals surface area (Å²) in [6.07, 6.45) is 2.30. The number of rotatable bonds is 6. The van der Waals surface area contributed by atoms with E-state index in [1.54, 1.807) is 19.2 Å². The van der Waals surface area contributed by atoms with Crippen LogP contribution >= 0.6 is 0 Å². The minimum atomic E-state index is -0.248. The zero-order valence-corrected chi connectivity index (χ0v) is 16.0. The number of benzene rings is 2. The van der Waals surface area contributed by atoms with Gasteiger partial charge < -0.3 is 15.0 Å². The third-order valence-corrected chi connectivity index (χ3v) is 5.37. The minimum absolute atomic E-state index is 0.131. The maximum absolute atomic E-state index is 13.7. The Balaban J connectivity index is 1.62. The maximum Gasteiger partial charge on any atom is 0.240 e. The molecule has 0 bridgehead atoms. The van der Waals surface area contributed by atoms with E-state index in [1.807, 2.05) is 42.3 Å². The topological polar surface area (TPSA) is 41.6 Å². The molecule has 1 aliphatic rings. The van der Waals surface area contributed by atoms with Crippen LogP contribution in [-0.4, -0.2) is 44.1 Å². The van der Waals surface area contributed by atoms with Crippen LogP contribution in [0.3, 0.4) is 0 Å². The molecular weight excluding hydrogens is 343 g/mol. The van der Waals surface area contributed by atoms with Gasteiger partial charge in [0.1, 0.15) is 11.6 Å². The highest BCUT2D eigenvalue weighted by Crippen LogP contribution is 2.34. The van der Waals surface area contributed by atoms with Gasteiger partial charge >= 0.3 is 0 Å². The average molecular weight is 370 g/mol. The van der Waals surface area contributed by atoms with E-state index in [0.717, 1.165) is 29.7 Å². The number of nitrogens with zero attached hydrogens (tertiary/aromatic N) is 1. The molecule has 1 fully saturated rings. The fraction of sp³-hybridized carbons (Fsp3) is 0.409. The van der Waals surface area contributed by atoms with Crippen molar-refractivity contribution in [3.8, 4) is 5.75 Å². The summed E-state index contributed by atoms with van der Waals surface area (Å²) >= 11 is 0. The Morgan fingerprint density at radius 3 is 2.56 bits per heavy atom. The van der Waals surface area contributed by atoms with Crippen LogP contribution in [0.5, 0.6) is 5.75 Å². The van der Waals surface area contributed by atoms with E-state index in [-0.39, 0.29) is 23.7 Å². The summed E-state index contributed by atoms with van der Waals surface area (Å²) in [7, 11) is 3.44. The highest BCUT2D eigenvalue weighted by molar-refractivity contribution is 5.82. The number of carbonyl (C=O) groups excluding carboxylic acids is 1. The smallest absolute Gasteiger partial charge is 0.240 e. The molecular formula is C22H27FN2O2. The van der Waals surface area contributed by atoms with Gasteiger partial charge in [0.05, 0.1) is 13.2 Å².